The van der Waals surface area contributed by atoms with Crippen LogP contribution in [0.4, 0.5) is 10.6 Å². The van der Waals surface area contributed by atoms with Gasteiger partial charge in [0.1, 0.15) is 23.5 Å². The van der Waals surface area contributed by atoms with Crippen LogP contribution < -0.4 is 9.64 Å². The van der Waals surface area contributed by atoms with Crippen molar-refractivity contribution in [2.75, 3.05) is 31.6 Å². The number of nitrogens with zero attached hydrogens (tertiary/aromatic N) is 5. The lowest BCUT2D eigenvalue weighted by molar-refractivity contribution is -0.123. The molecule has 0 spiro atoms. The van der Waals surface area contributed by atoms with Gasteiger partial charge in [-0.1, -0.05) is 0 Å². The van der Waals surface area contributed by atoms with Crippen LogP contribution >= 0.6 is 0 Å². The second kappa shape index (κ2) is 15.1. The van der Waals surface area contributed by atoms with Gasteiger partial charge in [0.05, 0.1) is 18.9 Å². The molecule has 3 heterocycles. The molecule has 1 unspecified atom stereocenters. The summed E-state index contributed by atoms with van der Waals surface area (Å²) in [6.07, 6.45) is 10.9. The van der Waals surface area contributed by atoms with E-state index < -0.39 is 12.2 Å². The van der Waals surface area contributed by atoms with E-state index in [-0.39, 0.29) is 24.3 Å². The number of pyridine rings is 2. The maximum Gasteiger partial charge on any atom is 0.407 e. The van der Waals surface area contributed by atoms with Gasteiger partial charge >= 0.3 is 6.09 Å². The van der Waals surface area contributed by atoms with E-state index >= 15 is 0 Å². The summed E-state index contributed by atoms with van der Waals surface area (Å²) in [5.41, 5.74) is 3.66. The zero-order valence-electron chi connectivity index (χ0n) is 28.4. The Balaban J connectivity index is 1.16. The minimum atomic E-state index is -1.02. The van der Waals surface area contributed by atoms with Crippen molar-refractivity contribution in [3.05, 3.63) is 54.0 Å². The van der Waals surface area contributed by atoms with Gasteiger partial charge in [-0.15, -0.1) is 0 Å². The molecular weight excluding hydrogens is 610 g/mol. The predicted molar refractivity (Wildman–Crippen MR) is 181 cm³/mol. The van der Waals surface area contributed by atoms with Crippen molar-refractivity contribution in [3.63, 3.8) is 0 Å². The van der Waals surface area contributed by atoms with Gasteiger partial charge in [0.25, 0.3) is 0 Å². The average Bonchev–Trinajstić information content (AvgIpc) is 3.82. The molecule has 11 nitrogen and oxygen atoms in total. The Morgan fingerprint density at radius 1 is 0.958 bits per heavy atom. The lowest BCUT2D eigenvalue weighted by Gasteiger charge is -2.36. The molecular formula is C37H49N5O6. The largest absolute Gasteiger partial charge is 0.495 e. The van der Waals surface area contributed by atoms with Crippen LogP contribution in [-0.2, 0) is 4.79 Å². The quantitative estimate of drug-likeness (QED) is 0.215. The third-order valence-corrected chi connectivity index (χ3v) is 10.4. The van der Waals surface area contributed by atoms with Gasteiger partial charge < -0.3 is 24.3 Å². The number of aromatic nitrogens is 3. The van der Waals surface area contributed by atoms with E-state index in [0.29, 0.717) is 49.5 Å². The summed E-state index contributed by atoms with van der Waals surface area (Å²) in [7, 11) is 1.67. The monoisotopic (exact) mass is 659 g/mol. The molecule has 3 aliphatic rings. The number of ether oxygens (including phenoxy) is 1. The topological polar surface area (TPSA) is 142 Å². The van der Waals surface area contributed by atoms with E-state index in [1.165, 1.54) is 4.90 Å². The van der Waals surface area contributed by atoms with Crippen molar-refractivity contribution in [3.8, 4) is 17.0 Å². The Labute approximate surface area is 282 Å². The Morgan fingerprint density at radius 3 is 2.29 bits per heavy atom. The lowest BCUT2D eigenvalue weighted by Crippen LogP contribution is -2.43. The molecule has 3 saturated carbocycles. The smallest absolute Gasteiger partial charge is 0.407 e. The molecule has 3 fully saturated rings. The molecule has 48 heavy (non-hydrogen) atoms. The number of aliphatic hydroxyl groups excluding tert-OH is 1. The molecule has 3 aliphatic carbocycles. The van der Waals surface area contributed by atoms with Crippen LogP contribution in [0.2, 0.25) is 0 Å². The average molecular weight is 660 g/mol. The number of amides is 2. The molecule has 6 rings (SSSR count). The number of hydrogen-bond acceptors (Lipinski definition) is 8. The molecule has 11 heteroatoms. The van der Waals surface area contributed by atoms with Gasteiger partial charge in [-0.25, -0.2) is 14.8 Å². The predicted octanol–water partition coefficient (Wildman–Crippen LogP) is 6.80. The molecule has 0 aromatic carbocycles. The van der Waals surface area contributed by atoms with Gasteiger partial charge in [0.2, 0.25) is 5.91 Å². The fraction of sp³-hybridized carbons (Fsp3) is 0.595. The SMILES string of the molecule is COc1ccc([C@H]2CC[C@H](CN(c3cc(-c4coc(C5CC5)n4)ccn3)C(=O)[C@H]3CC[C@H](CN(CC(C)O)C(=O)O)CC3)CC2)nc1C. The first-order valence-corrected chi connectivity index (χ1v) is 17.6. The number of anilines is 1. The van der Waals surface area contributed by atoms with Crippen molar-refractivity contribution in [2.45, 2.75) is 96.0 Å². The first-order chi connectivity index (χ1) is 23.2. The second-order valence-electron chi connectivity index (χ2n) is 14.2. The highest BCUT2D eigenvalue weighted by Gasteiger charge is 2.35. The van der Waals surface area contributed by atoms with Crippen LogP contribution in [-0.4, -0.2) is 74.9 Å². The van der Waals surface area contributed by atoms with Crippen LogP contribution in [0.1, 0.15) is 100 Å². The van der Waals surface area contributed by atoms with E-state index in [2.05, 4.69) is 6.07 Å². The number of oxazole rings is 1. The maximum atomic E-state index is 14.4. The van der Waals surface area contributed by atoms with Crippen molar-refractivity contribution in [1.82, 2.24) is 19.9 Å². The molecule has 258 valence electrons. The number of carbonyl (C=O) groups is 2. The molecule has 0 saturated heterocycles. The summed E-state index contributed by atoms with van der Waals surface area (Å²) < 4.78 is 11.2. The van der Waals surface area contributed by atoms with Crippen LogP contribution in [0.25, 0.3) is 11.3 Å². The van der Waals surface area contributed by atoms with Crippen molar-refractivity contribution < 1.29 is 29.0 Å². The standard InChI is InChI=1S/C37H49N5O6/c1-23(43)19-41(37(45)46)20-25-6-10-29(11-7-25)36(44)42(34-18-30(16-17-38-34)32-22-48-35(40-32)28-12-13-28)21-26-4-8-27(9-5-26)31-14-15-33(47-3)24(2)39-31/h14-18,22-23,25-29,43H,4-13,19-21H2,1-3H3,(H,45,46)/t23?,25-,26-,27-,29-. The van der Waals surface area contributed by atoms with Crippen LogP contribution in [0.15, 0.2) is 41.1 Å². The second-order valence-corrected chi connectivity index (χ2v) is 14.2. The minimum absolute atomic E-state index is 0.0885. The Kier molecular flexibility index (Phi) is 10.6. The fourth-order valence-electron chi connectivity index (χ4n) is 7.54. The van der Waals surface area contributed by atoms with Crippen LogP contribution in [0, 0.1) is 24.7 Å². The molecule has 0 radical (unpaired) electrons. The third kappa shape index (κ3) is 8.17. The first kappa shape index (κ1) is 33.9. The van der Waals surface area contributed by atoms with Crippen LogP contribution in [0.3, 0.4) is 0 Å². The van der Waals surface area contributed by atoms with E-state index in [1.54, 1.807) is 26.5 Å². The number of hydrogen-bond donors (Lipinski definition) is 2. The normalized spacial score (nSPS) is 23.3. The van der Waals surface area contributed by atoms with Gasteiger partial charge in [-0.3, -0.25) is 14.7 Å². The Bertz CT molecular complexity index is 1560. The molecule has 0 bridgehead atoms. The van der Waals surface area contributed by atoms with Gasteiger partial charge in [0.15, 0.2) is 5.89 Å². The maximum absolute atomic E-state index is 14.4. The number of aliphatic hydroxyl groups is 1. The summed E-state index contributed by atoms with van der Waals surface area (Å²) in [6, 6.07) is 7.97. The molecule has 3 aromatic heterocycles. The van der Waals surface area contributed by atoms with E-state index in [9.17, 15) is 19.8 Å². The molecule has 2 N–H and O–H groups in total. The van der Waals surface area contributed by atoms with E-state index in [4.69, 9.17) is 24.1 Å². The number of aryl methyl sites for hydroxylation is 1. The minimum Gasteiger partial charge on any atom is -0.495 e. The summed E-state index contributed by atoms with van der Waals surface area (Å²) in [6.45, 7) is 4.65. The van der Waals surface area contributed by atoms with Gasteiger partial charge in [-0.05, 0) is 114 Å². The number of rotatable bonds is 12. The highest BCUT2D eigenvalue weighted by molar-refractivity contribution is 5.94. The third-order valence-electron chi connectivity index (χ3n) is 10.4. The number of carboxylic acid groups (broad SMARTS) is 1. The molecule has 3 aromatic rings. The summed E-state index contributed by atoms with van der Waals surface area (Å²) >= 11 is 0. The lowest BCUT2D eigenvalue weighted by atomic mass is 9.79. The summed E-state index contributed by atoms with van der Waals surface area (Å²) in [5.74, 6) is 3.46. The van der Waals surface area contributed by atoms with Crippen LogP contribution in [0.5, 0.6) is 5.75 Å². The fourth-order valence-corrected chi connectivity index (χ4v) is 7.54. The summed E-state index contributed by atoms with van der Waals surface area (Å²) in [5, 5.41) is 19.4. The zero-order chi connectivity index (χ0) is 33.8. The molecule has 0 aliphatic heterocycles. The van der Waals surface area contributed by atoms with Crippen molar-refractivity contribution >= 4 is 17.8 Å². The van der Waals surface area contributed by atoms with Gasteiger partial charge in [0, 0.05) is 54.8 Å². The highest BCUT2D eigenvalue weighted by atomic mass is 16.5. The van der Waals surface area contributed by atoms with E-state index in [0.717, 1.165) is 85.7 Å². The van der Waals surface area contributed by atoms with Gasteiger partial charge in [-0.2, -0.15) is 0 Å². The van der Waals surface area contributed by atoms with E-state index in [1.807, 2.05) is 30.0 Å². The van der Waals surface area contributed by atoms with Crippen molar-refractivity contribution in [1.29, 1.82) is 0 Å². The number of methoxy groups -OCH3 is 1. The van der Waals surface area contributed by atoms with Crippen molar-refractivity contribution in [2.24, 2.45) is 17.8 Å². The summed E-state index contributed by atoms with van der Waals surface area (Å²) in [4.78, 5) is 43.6. The Hall–Kier alpha value is -3.99. The zero-order valence-corrected chi connectivity index (χ0v) is 28.4. The number of carbonyl (C=O) groups excluding carboxylic acids is 1. The highest BCUT2D eigenvalue weighted by Crippen LogP contribution is 2.41. The molecule has 2 amide bonds. The first-order valence-electron chi connectivity index (χ1n) is 17.6. The Morgan fingerprint density at radius 2 is 1.65 bits per heavy atom. The molecule has 1 atom stereocenters.